The first-order valence-corrected chi connectivity index (χ1v) is 13.1. The van der Waals surface area contributed by atoms with Gasteiger partial charge in [0.15, 0.2) is 0 Å². The minimum absolute atomic E-state index is 0.119. The fourth-order valence-electron chi connectivity index (χ4n) is 4.04. The molecule has 1 aliphatic carbocycles. The van der Waals surface area contributed by atoms with Crippen molar-refractivity contribution in [1.29, 1.82) is 0 Å². The van der Waals surface area contributed by atoms with Crippen molar-refractivity contribution in [2.45, 2.75) is 63.4 Å². The summed E-state index contributed by atoms with van der Waals surface area (Å²) in [5.41, 5.74) is 1.68. The van der Waals surface area contributed by atoms with Gasteiger partial charge >= 0.3 is 0 Å². The Morgan fingerprint density at radius 3 is 2.48 bits per heavy atom. The lowest BCUT2D eigenvalue weighted by molar-refractivity contribution is -0.139. The molecule has 0 heterocycles. The largest absolute Gasteiger partial charge is 0.352 e. The van der Waals surface area contributed by atoms with Crippen LogP contribution in [0.5, 0.6) is 0 Å². The Kier molecular flexibility index (Phi) is 9.90. The molecule has 2 aromatic rings. The van der Waals surface area contributed by atoms with E-state index in [-0.39, 0.29) is 36.0 Å². The number of thioether (sulfide) groups is 1. The summed E-state index contributed by atoms with van der Waals surface area (Å²) in [5.74, 6) is 0.236. The molecule has 8 heteroatoms. The molecule has 0 saturated heterocycles. The standard InChI is InChI=1S/C25H29Cl2FN2O2S/c1-2-23(25(32)29-21-5-3-4-6-21)30(14-18-9-10-19(26)13-22(18)27)24(31)16-33-15-17-7-11-20(28)12-8-17/h7-13,21,23H,2-6,14-16H2,1H3,(H,29,32). The van der Waals surface area contributed by atoms with Crippen LogP contribution >= 0.6 is 35.0 Å². The predicted molar refractivity (Wildman–Crippen MR) is 134 cm³/mol. The van der Waals surface area contributed by atoms with Crippen molar-refractivity contribution < 1.29 is 14.0 Å². The number of halogens is 3. The summed E-state index contributed by atoms with van der Waals surface area (Å²) in [5, 5.41) is 4.11. The van der Waals surface area contributed by atoms with E-state index in [2.05, 4.69) is 5.32 Å². The number of carbonyl (C=O) groups excluding carboxylic acids is 2. The van der Waals surface area contributed by atoms with Crippen molar-refractivity contribution >= 4 is 46.8 Å². The molecular weight excluding hydrogens is 482 g/mol. The van der Waals surface area contributed by atoms with Crippen LogP contribution < -0.4 is 5.32 Å². The SMILES string of the molecule is CCC(C(=O)NC1CCCC1)N(Cc1ccc(Cl)cc1Cl)C(=O)CSCc1ccc(F)cc1. The van der Waals surface area contributed by atoms with Gasteiger partial charge in [-0.05, 0) is 54.7 Å². The van der Waals surface area contributed by atoms with Crippen molar-refractivity contribution in [3.63, 3.8) is 0 Å². The zero-order valence-electron chi connectivity index (χ0n) is 18.7. The Morgan fingerprint density at radius 1 is 1.15 bits per heavy atom. The highest BCUT2D eigenvalue weighted by Crippen LogP contribution is 2.25. The van der Waals surface area contributed by atoms with E-state index in [1.54, 1.807) is 35.2 Å². The summed E-state index contributed by atoms with van der Waals surface area (Å²) >= 11 is 13.9. The quantitative estimate of drug-likeness (QED) is 0.411. The van der Waals surface area contributed by atoms with Gasteiger partial charge in [-0.3, -0.25) is 9.59 Å². The van der Waals surface area contributed by atoms with Crippen LogP contribution in [0.2, 0.25) is 10.0 Å². The van der Waals surface area contributed by atoms with Gasteiger partial charge < -0.3 is 10.2 Å². The van der Waals surface area contributed by atoms with Crippen molar-refractivity contribution in [2.24, 2.45) is 0 Å². The second kappa shape index (κ2) is 12.6. The lowest BCUT2D eigenvalue weighted by Gasteiger charge is -2.31. The highest BCUT2D eigenvalue weighted by molar-refractivity contribution is 7.99. The second-order valence-corrected chi connectivity index (χ2v) is 10.1. The van der Waals surface area contributed by atoms with Crippen LogP contribution in [-0.2, 0) is 21.9 Å². The van der Waals surface area contributed by atoms with E-state index in [0.717, 1.165) is 36.8 Å². The molecule has 1 saturated carbocycles. The monoisotopic (exact) mass is 510 g/mol. The van der Waals surface area contributed by atoms with Crippen molar-refractivity contribution in [3.8, 4) is 0 Å². The summed E-state index contributed by atoms with van der Waals surface area (Å²) in [7, 11) is 0. The molecule has 2 aromatic carbocycles. The lowest BCUT2D eigenvalue weighted by Crippen LogP contribution is -2.51. The molecule has 1 N–H and O–H groups in total. The summed E-state index contributed by atoms with van der Waals surface area (Å²) in [6.45, 7) is 2.14. The normalized spacial score (nSPS) is 14.8. The van der Waals surface area contributed by atoms with Crippen LogP contribution in [0.15, 0.2) is 42.5 Å². The van der Waals surface area contributed by atoms with E-state index in [0.29, 0.717) is 22.2 Å². The number of hydrogen-bond acceptors (Lipinski definition) is 3. The van der Waals surface area contributed by atoms with E-state index in [9.17, 15) is 14.0 Å². The van der Waals surface area contributed by atoms with Gasteiger partial charge in [0.25, 0.3) is 0 Å². The van der Waals surface area contributed by atoms with E-state index in [1.807, 2.05) is 6.92 Å². The third kappa shape index (κ3) is 7.62. The Morgan fingerprint density at radius 2 is 1.85 bits per heavy atom. The Balaban J connectivity index is 1.72. The number of nitrogens with one attached hydrogen (secondary N) is 1. The first-order valence-electron chi connectivity index (χ1n) is 11.2. The summed E-state index contributed by atoms with van der Waals surface area (Å²) in [6, 6.07) is 11.0. The smallest absolute Gasteiger partial charge is 0.243 e. The number of hydrogen-bond donors (Lipinski definition) is 1. The molecule has 33 heavy (non-hydrogen) atoms. The summed E-state index contributed by atoms with van der Waals surface area (Å²) in [6.07, 6.45) is 4.69. The van der Waals surface area contributed by atoms with Crippen LogP contribution in [-0.4, -0.2) is 34.6 Å². The third-order valence-corrected chi connectivity index (χ3v) is 7.43. The lowest BCUT2D eigenvalue weighted by atomic mass is 10.1. The maximum Gasteiger partial charge on any atom is 0.243 e. The second-order valence-electron chi connectivity index (χ2n) is 8.29. The van der Waals surface area contributed by atoms with Gasteiger partial charge in [-0.1, -0.05) is 61.2 Å². The highest BCUT2D eigenvalue weighted by Gasteiger charge is 2.30. The molecule has 1 unspecified atom stereocenters. The zero-order valence-corrected chi connectivity index (χ0v) is 21.0. The molecule has 3 rings (SSSR count). The first kappa shape index (κ1) is 25.9. The Labute approximate surface area is 209 Å². The Bertz CT molecular complexity index is 952. The van der Waals surface area contributed by atoms with Crippen molar-refractivity contribution in [3.05, 3.63) is 69.5 Å². The van der Waals surface area contributed by atoms with E-state index in [1.165, 1.54) is 23.9 Å². The molecule has 0 radical (unpaired) electrons. The van der Waals surface area contributed by atoms with Crippen LogP contribution in [0.1, 0.15) is 50.2 Å². The molecule has 2 amide bonds. The number of benzene rings is 2. The van der Waals surface area contributed by atoms with Gasteiger partial charge in [-0.25, -0.2) is 4.39 Å². The van der Waals surface area contributed by atoms with Crippen molar-refractivity contribution in [1.82, 2.24) is 10.2 Å². The van der Waals surface area contributed by atoms with Gasteiger partial charge in [-0.15, -0.1) is 11.8 Å². The molecule has 4 nitrogen and oxygen atoms in total. The molecule has 1 atom stereocenters. The molecular formula is C25H29Cl2FN2O2S. The maximum absolute atomic E-state index is 13.3. The summed E-state index contributed by atoms with van der Waals surface area (Å²) in [4.78, 5) is 28.1. The molecule has 1 aliphatic rings. The van der Waals surface area contributed by atoms with E-state index in [4.69, 9.17) is 23.2 Å². The number of nitrogens with zero attached hydrogens (tertiary/aromatic N) is 1. The molecule has 0 aliphatic heterocycles. The Hall–Kier alpha value is -1.76. The predicted octanol–water partition coefficient (Wildman–Crippen LogP) is 6.23. The van der Waals surface area contributed by atoms with E-state index < -0.39 is 6.04 Å². The number of amides is 2. The highest BCUT2D eigenvalue weighted by atomic mass is 35.5. The first-order chi connectivity index (χ1) is 15.9. The fraction of sp³-hybridized carbons (Fsp3) is 0.440. The topological polar surface area (TPSA) is 49.4 Å². The number of carbonyl (C=O) groups is 2. The minimum Gasteiger partial charge on any atom is -0.352 e. The third-order valence-electron chi connectivity index (χ3n) is 5.85. The van der Waals surface area contributed by atoms with Crippen LogP contribution in [0.4, 0.5) is 4.39 Å². The molecule has 0 bridgehead atoms. The molecule has 0 spiro atoms. The van der Waals surface area contributed by atoms with Gasteiger partial charge in [0.05, 0.1) is 5.75 Å². The van der Waals surface area contributed by atoms with Gasteiger partial charge in [-0.2, -0.15) is 0 Å². The fourth-order valence-corrected chi connectivity index (χ4v) is 5.38. The minimum atomic E-state index is -0.587. The average molecular weight is 511 g/mol. The number of rotatable bonds is 10. The molecule has 178 valence electrons. The van der Waals surface area contributed by atoms with Crippen LogP contribution in [0.3, 0.4) is 0 Å². The van der Waals surface area contributed by atoms with Gasteiger partial charge in [0.2, 0.25) is 11.8 Å². The average Bonchev–Trinajstić information content (AvgIpc) is 3.29. The van der Waals surface area contributed by atoms with Crippen LogP contribution in [0.25, 0.3) is 0 Å². The molecule has 1 fully saturated rings. The molecule has 0 aromatic heterocycles. The zero-order chi connectivity index (χ0) is 23.8. The van der Waals surface area contributed by atoms with Crippen molar-refractivity contribution in [2.75, 3.05) is 5.75 Å². The van der Waals surface area contributed by atoms with E-state index >= 15 is 0 Å². The van der Waals surface area contributed by atoms with Gasteiger partial charge in [0, 0.05) is 28.4 Å². The van der Waals surface area contributed by atoms with Gasteiger partial charge in [0.1, 0.15) is 11.9 Å². The summed E-state index contributed by atoms with van der Waals surface area (Å²) < 4.78 is 13.1. The maximum atomic E-state index is 13.3. The van der Waals surface area contributed by atoms with Crippen LogP contribution in [0, 0.1) is 5.82 Å².